The van der Waals surface area contributed by atoms with Crippen LogP contribution in [-0.2, 0) is 6.18 Å². The molecule has 0 unspecified atom stereocenters. The second-order valence-electron chi connectivity index (χ2n) is 9.37. The van der Waals surface area contributed by atoms with Crippen molar-refractivity contribution < 1.29 is 18.0 Å². The minimum Gasteiger partial charge on any atom is -0.337 e. The summed E-state index contributed by atoms with van der Waals surface area (Å²) in [4.78, 5) is 22.6. The van der Waals surface area contributed by atoms with Gasteiger partial charge < -0.3 is 9.80 Å². The number of rotatable bonds is 4. The van der Waals surface area contributed by atoms with Crippen LogP contribution < -0.4 is 0 Å². The van der Waals surface area contributed by atoms with Gasteiger partial charge in [0, 0.05) is 30.9 Å². The van der Waals surface area contributed by atoms with Crippen LogP contribution in [0, 0.1) is 6.92 Å². The van der Waals surface area contributed by atoms with E-state index >= 15 is 0 Å². The number of amides is 1. The largest absolute Gasteiger partial charge is 0.416 e. The quantitative estimate of drug-likeness (QED) is 0.556. The van der Waals surface area contributed by atoms with E-state index in [1.165, 1.54) is 18.9 Å². The molecule has 1 N–H and O–H groups in total. The van der Waals surface area contributed by atoms with Gasteiger partial charge in [-0.1, -0.05) is 12.1 Å². The number of nitrogens with zero attached hydrogens (tertiary/aromatic N) is 4. The highest BCUT2D eigenvalue weighted by molar-refractivity contribution is 5.96. The number of H-pyrrole nitrogens is 1. The first-order valence-electron chi connectivity index (χ1n) is 12.0. The van der Waals surface area contributed by atoms with Crippen molar-refractivity contribution >= 4 is 5.91 Å². The van der Waals surface area contributed by atoms with Crippen LogP contribution in [0.5, 0.6) is 0 Å². The molecule has 2 aliphatic rings. The van der Waals surface area contributed by atoms with Gasteiger partial charge in [0.2, 0.25) is 0 Å². The molecule has 1 amide bonds. The average molecular weight is 484 g/mol. The fraction of sp³-hybridized carbons (Fsp3) is 0.423. The average Bonchev–Trinajstić information content (AvgIpc) is 3.58. The zero-order valence-electron chi connectivity index (χ0n) is 19.6. The highest BCUT2D eigenvalue weighted by atomic mass is 19.4. The van der Waals surface area contributed by atoms with Gasteiger partial charge in [-0.15, -0.1) is 0 Å². The predicted molar refractivity (Wildman–Crippen MR) is 127 cm³/mol. The number of likely N-dealkylation sites (tertiary alicyclic amines) is 2. The number of pyridine rings is 1. The number of aromatic amines is 1. The lowest BCUT2D eigenvalue weighted by molar-refractivity contribution is -0.137. The highest BCUT2D eigenvalue weighted by Gasteiger charge is 2.32. The Balaban J connectivity index is 1.46. The van der Waals surface area contributed by atoms with Crippen LogP contribution in [0.25, 0.3) is 22.5 Å². The molecule has 9 heteroatoms. The smallest absolute Gasteiger partial charge is 0.337 e. The standard InChI is InChI=1S/C26H28F3N5O/c1-17-15-21(18-5-4-6-19(16-18)26(27,28)29)24(22-7-10-30-32-22)31-23(17)25(35)34-13-8-20(9-14-34)33-11-2-3-12-33/h4-7,10,15-16,20H,2-3,8-9,11-14H2,1H3,(H,30,32). The number of alkyl halides is 3. The van der Waals surface area contributed by atoms with Gasteiger partial charge in [-0.25, -0.2) is 4.98 Å². The second kappa shape index (κ2) is 9.45. The maximum Gasteiger partial charge on any atom is 0.416 e. The summed E-state index contributed by atoms with van der Waals surface area (Å²) in [5.74, 6) is -0.140. The summed E-state index contributed by atoms with van der Waals surface area (Å²) in [5.41, 5.74) is 2.07. The molecule has 0 saturated carbocycles. The van der Waals surface area contributed by atoms with Crippen molar-refractivity contribution in [3.63, 3.8) is 0 Å². The van der Waals surface area contributed by atoms with Crippen molar-refractivity contribution in [1.82, 2.24) is 25.0 Å². The van der Waals surface area contributed by atoms with E-state index in [1.807, 2.05) is 4.90 Å². The van der Waals surface area contributed by atoms with E-state index in [-0.39, 0.29) is 5.91 Å². The predicted octanol–water partition coefficient (Wildman–Crippen LogP) is 5.17. The molecule has 3 aromatic rings. The van der Waals surface area contributed by atoms with Gasteiger partial charge in [0.15, 0.2) is 0 Å². The molecule has 6 nitrogen and oxygen atoms in total. The van der Waals surface area contributed by atoms with Crippen LogP contribution in [0.4, 0.5) is 13.2 Å². The lowest BCUT2D eigenvalue weighted by atomic mass is 9.97. The minimum atomic E-state index is -4.45. The molecule has 1 aromatic carbocycles. The van der Waals surface area contributed by atoms with Crippen LogP contribution in [0.2, 0.25) is 0 Å². The van der Waals surface area contributed by atoms with Crippen molar-refractivity contribution in [1.29, 1.82) is 0 Å². The second-order valence-corrected chi connectivity index (χ2v) is 9.37. The number of carbonyl (C=O) groups is 1. The lowest BCUT2D eigenvalue weighted by Crippen LogP contribution is -2.46. The summed E-state index contributed by atoms with van der Waals surface area (Å²) in [6, 6.07) is 9.14. The van der Waals surface area contributed by atoms with Crippen molar-refractivity contribution in [2.24, 2.45) is 0 Å². The molecule has 0 radical (unpaired) electrons. The van der Waals surface area contributed by atoms with Crippen molar-refractivity contribution in [3.05, 3.63) is 59.4 Å². The number of carbonyl (C=O) groups excluding carboxylic acids is 1. The van der Waals surface area contributed by atoms with Gasteiger partial charge in [0.25, 0.3) is 5.91 Å². The number of hydrogen-bond acceptors (Lipinski definition) is 4. The molecule has 5 rings (SSSR count). The number of benzene rings is 1. The Hall–Kier alpha value is -3.20. The molecule has 2 aliphatic heterocycles. The van der Waals surface area contributed by atoms with Crippen molar-refractivity contribution in [3.8, 4) is 22.5 Å². The number of piperidine rings is 1. The number of aromatic nitrogens is 3. The topological polar surface area (TPSA) is 65.1 Å². The summed E-state index contributed by atoms with van der Waals surface area (Å²) in [6.45, 7) is 5.42. The maximum atomic E-state index is 13.5. The Labute approximate surface area is 202 Å². The summed E-state index contributed by atoms with van der Waals surface area (Å²) in [7, 11) is 0. The molecular formula is C26H28F3N5O. The maximum absolute atomic E-state index is 13.5. The van der Waals surface area contributed by atoms with E-state index in [4.69, 9.17) is 4.98 Å². The minimum absolute atomic E-state index is 0.140. The van der Waals surface area contributed by atoms with Gasteiger partial charge in [0.05, 0.1) is 17.0 Å². The van der Waals surface area contributed by atoms with Gasteiger partial charge >= 0.3 is 6.18 Å². The van der Waals surface area contributed by atoms with Crippen LogP contribution in [0.1, 0.15) is 47.3 Å². The Kier molecular flexibility index (Phi) is 6.35. The highest BCUT2D eigenvalue weighted by Crippen LogP contribution is 2.36. The zero-order valence-corrected chi connectivity index (χ0v) is 19.6. The van der Waals surface area contributed by atoms with Gasteiger partial charge in [-0.3, -0.25) is 9.89 Å². The normalized spacial score (nSPS) is 17.8. The first-order valence-corrected chi connectivity index (χ1v) is 12.0. The first-order chi connectivity index (χ1) is 16.8. The van der Waals surface area contributed by atoms with Crippen LogP contribution in [0.15, 0.2) is 42.6 Å². The van der Waals surface area contributed by atoms with Crippen LogP contribution in [0.3, 0.4) is 0 Å². The molecule has 35 heavy (non-hydrogen) atoms. The van der Waals surface area contributed by atoms with Crippen LogP contribution in [-0.4, -0.2) is 63.1 Å². The lowest BCUT2D eigenvalue weighted by Gasteiger charge is -2.36. The van der Waals surface area contributed by atoms with E-state index < -0.39 is 11.7 Å². The van der Waals surface area contributed by atoms with E-state index in [9.17, 15) is 18.0 Å². The van der Waals surface area contributed by atoms with Gasteiger partial charge in [-0.2, -0.15) is 18.3 Å². The Morgan fingerprint density at radius 1 is 1.06 bits per heavy atom. The SMILES string of the molecule is Cc1cc(-c2cccc(C(F)(F)F)c2)c(-c2ccn[nH]2)nc1C(=O)N1CCC(N2CCCC2)CC1. The first kappa shape index (κ1) is 23.5. The molecule has 0 aliphatic carbocycles. The molecule has 2 aromatic heterocycles. The van der Waals surface area contributed by atoms with E-state index in [0.717, 1.165) is 38.1 Å². The Bertz CT molecular complexity index is 1190. The van der Waals surface area contributed by atoms with Gasteiger partial charge in [0.1, 0.15) is 5.69 Å². The van der Waals surface area contributed by atoms with E-state index in [2.05, 4.69) is 15.1 Å². The number of nitrogens with one attached hydrogen (secondary N) is 1. The van der Waals surface area contributed by atoms with E-state index in [1.54, 1.807) is 31.3 Å². The number of hydrogen-bond donors (Lipinski definition) is 1. The fourth-order valence-electron chi connectivity index (χ4n) is 5.20. The third-order valence-electron chi connectivity index (χ3n) is 7.08. The molecule has 0 spiro atoms. The molecule has 184 valence electrons. The summed E-state index contributed by atoms with van der Waals surface area (Å²) >= 11 is 0. The third-order valence-corrected chi connectivity index (χ3v) is 7.08. The summed E-state index contributed by atoms with van der Waals surface area (Å²) in [6.07, 6.45) is 1.48. The van der Waals surface area contributed by atoms with Crippen molar-refractivity contribution in [2.45, 2.75) is 44.8 Å². The molecule has 0 atom stereocenters. The van der Waals surface area contributed by atoms with Crippen molar-refractivity contribution in [2.75, 3.05) is 26.2 Å². The summed E-state index contributed by atoms with van der Waals surface area (Å²) < 4.78 is 40.1. The van der Waals surface area contributed by atoms with Gasteiger partial charge in [-0.05, 0) is 81.1 Å². The van der Waals surface area contributed by atoms with E-state index in [0.29, 0.717) is 52.9 Å². The number of aryl methyl sites for hydroxylation is 1. The molecular weight excluding hydrogens is 455 g/mol. The molecule has 2 fully saturated rings. The number of halogens is 3. The Morgan fingerprint density at radius 3 is 2.46 bits per heavy atom. The molecule has 0 bridgehead atoms. The fourth-order valence-corrected chi connectivity index (χ4v) is 5.20. The summed E-state index contributed by atoms with van der Waals surface area (Å²) in [5, 5.41) is 6.82. The Morgan fingerprint density at radius 2 is 1.80 bits per heavy atom. The zero-order chi connectivity index (χ0) is 24.6. The monoisotopic (exact) mass is 483 g/mol. The third kappa shape index (κ3) is 4.82. The molecule has 4 heterocycles. The van der Waals surface area contributed by atoms with Crippen LogP contribution >= 0.6 is 0 Å². The molecule has 2 saturated heterocycles.